The number of para-hydroxylation sites is 1. The summed E-state index contributed by atoms with van der Waals surface area (Å²) in [6.07, 6.45) is 2.49. The minimum atomic E-state index is 0.608. The van der Waals surface area contributed by atoms with Gasteiger partial charge in [-0.3, -0.25) is 0 Å². The highest BCUT2D eigenvalue weighted by atomic mass is 32.2. The number of aromatic nitrogens is 4. The van der Waals surface area contributed by atoms with Gasteiger partial charge in [0.25, 0.3) is 0 Å². The maximum atomic E-state index is 4.69. The highest BCUT2D eigenvalue weighted by molar-refractivity contribution is 7.98. The zero-order valence-electron chi connectivity index (χ0n) is 13.7. The van der Waals surface area contributed by atoms with Crippen LogP contribution in [-0.4, -0.2) is 19.7 Å². The Morgan fingerprint density at radius 1 is 1.25 bits per heavy atom. The van der Waals surface area contributed by atoms with Gasteiger partial charge in [-0.05, 0) is 38.3 Å². The maximum Gasteiger partial charge on any atom is 0.191 e. The summed E-state index contributed by atoms with van der Waals surface area (Å²) in [5, 5.41) is 16.0. The van der Waals surface area contributed by atoms with Crippen molar-refractivity contribution in [1.82, 2.24) is 19.7 Å². The fourth-order valence-corrected chi connectivity index (χ4v) is 4.37. The average molecular weight is 358 g/mol. The molecule has 4 rings (SSSR count). The van der Waals surface area contributed by atoms with Crippen molar-refractivity contribution in [2.24, 2.45) is 0 Å². The van der Waals surface area contributed by atoms with E-state index in [-0.39, 0.29) is 0 Å². The van der Waals surface area contributed by atoms with Gasteiger partial charge in [-0.2, -0.15) is 0 Å². The first-order valence-electron chi connectivity index (χ1n) is 8.02. The van der Waals surface area contributed by atoms with Crippen molar-refractivity contribution in [2.75, 3.05) is 5.32 Å². The second kappa shape index (κ2) is 6.57. The SMILES string of the molecule is Cc1ccccc1Nc1nc(CSc2nnc(C)n2C2CC2)cs1. The number of thiazole rings is 1. The van der Waals surface area contributed by atoms with Gasteiger partial charge in [0.1, 0.15) is 5.82 Å². The highest BCUT2D eigenvalue weighted by Gasteiger charge is 2.28. The Labute approximate surface area is 149 Å². The summed E-state index contributed by atoms with van der Waals surface area (Å²) in [7, 11) is 0. The van der Waals surface area contributed by atoms with Gasteiger partial charge in [0, 0.05) is 22.9 Å². The Bertz CT molecular complexity index is 850. The first kappa shape index (κ1) is 15.7. The molecule has 0 amide bonds. The van der Waals surface area contributed by atoms with Crippen molar-refractivity contribution >= 4 is 33.9 Å². The molecule has 3 aromatic rings. The Hall–Kier alpha value is -1.86. The van der Waals surface area contributed by atoms with E-state index in [0.29, 0.717) is 6.04 Å². The van der Waals surface area contributed by atoms with Gasteiger partial charge in [0.05, 0.1) is 5.69 Å². The van der Waals surface area contributed by atoms with Gasteiger partial charge >= 0.3 is 0 Å². The van der Waals surface area contributed by atoms with E-state index >= 15 is 0 Å². The third-order valence-corrected chi connectivity index (χ3v) is 5.82. The number of nitrogens with one attached hydrogen (secondary N) is 1. The van der Waals surface area contributed by atoms with E-state index in [4.69, 9.17) is 0 Å². The normalized spacial score (nSPS) is 14.1. The number of benzene rings is 1. The van der Waals surface area contributed by atoms with Crippen LogP contribution >= 0.6 is 23.1 Å². The fourth-order valence-electron chi connectivity index (χ4n) is 2.60. The topological polar surface area (TPSA) is 55.6 Å². The number of thioether (sulfide) groups is 1. The first-order chi connectivity index (χ1) is 11.7. The average Bonchev–Trinajstić information content (AvgIpc) is 3.20. The summed E-state index contributed by atoms with van der Waals surface area (Å²) in [5.41, 5.74) is 3.40. The van der Waals surface area contributed by atoms with Crippen molar-refractivity contribution in [2.45, 2.75) is 43.6 Å². The Morgan fingerprint density at radius 2 is 2.08 bits per heavy atom. The van der Waals surface area contributed by atoms with E-state index in [1.54, 1.807) is 23.1 Å². The summed E-state index contributed by atoms with van der Waals surface area (Å²) in [6.45, 7) is 4.13. The number of hydrogen-bond acceptors (Lipinski definition) is 6. The molecule has 1 aliphatic carbocycles. The molecule has 0 atom stereocenters. The van der Waals surface area contributed by atoms with E-state index in [1.165, 1.54) is 18.4 Å². The molecule has 0 radical (unpaired) electrons. The van der Waals surface area contributed by atoms with Crippen LogP contribution in [0.3, 0.4) is 0 Å². The molecule has 5 nitrogen and oxygen atoms in total. The van der Waals surface area contributed by atoms with Crippen molar-refractivity contribution in [3.63, 3.8) is 0 Å². The predicted octanol–water partition coefficient (Wildman–Crippen LogP) is 4.72. The third-order valence-electron chi connectivity index (χ3n) is 4.03. The van der Waals surface area contributed by atoms with Crippen LogP contribution in [0.1, 0.15) is 36.0 Å². The van der Waals surface area contributed by atoms with Crippen LogP contribution in [-0.2, 0) is 5.75 Å². The van der Waals surface area contributed by atoms with Crippen LogP contribution in [0.5, 0.6) is 0 Å². The van der Waals surface area contributed by atoms with Crippen LogP contribution in [0.4, 0.5) is 10.8 Å². The lowest BCUT2D eigenvalue weighted by molar-refractivity contribution is 0.644. The van der Waals surface area contributed by atoms with E-state index in [1.807, 2.05) is 19.1 Å². The lowest BCUT2D eigenvalue weighted by Crippen LogP contribution is -1.99. The molecule has 24 heavy (non-hydrogen) atoms. The van der Waals surface area contributed by atoms with Crippen molar-refractivity contribution < 1.29 is 0 Å². The van der Waals surface area contributed by atoms with Crippen LogP contribution < -0.4 is 5.32 Å². The molecule has 0 aliphatic heterocycles. The quantitative estimate of drug-likeness (QED) is 0.647. The lowest BCUT2D eigenvalue weighted by atomic mass is 10.2. The molecule has 0 spiro atoms. The van der Waals surface area contributed by atoms with Crippen LogP contribution in [0.25, 0.3) is 0 Å². The minimum Gasteiger partial charge on any atom is -0.331 e. The second-order valence-corrected chi connectivity index (χ2v) is 7.80. The number of hydrogen-bond donors (Lipinski definition) is 1. The van der Waals surface area contributed by atoms with E-state index < -0.39 is 0 Å². The smallest absolute Gasteiger partial charge is 0.191 e. The van der Waals surface area contributed by atoms with Crippen molar-refractivity contribution in [1.29, 1.82) is 0 Å². The van der Waals surface area contributed by atoms with Crippen molar-refractivity contribution in [3.05, 3.63) is 46.7 Å². The van der Waals surface area contributed by atoms with E-state index in [9.17, 15) is 0 Å². The number of rotatable bonds is 6. The molecular formula is C17H19N5S2. The Balaban J connectivity index is 1.42. The monoisotopic (exact) mass is 357 g/mol. The Morgan fingerprint density at radius 3 is 2.88 bits per heavy atom. The zero-order valence-corrected chi connectivity index (χ0v) is 15.3. The Kier molecular flexibility index (Phi) is 4.28. The molecular weight excluding hydrogens is 338 g/mol. The summed E-state index contributed by atoms with van der Waals surface area (Å²) in [5.74, 6) is 1.83. The highest BCUT2D eigenvalue weighted by Crippen LogP contribution is 2.39. The first-order valence-corrected chi connectivity index (χ1v) is 9.88. The molecule has 2 heterocycles. The summed E-state index contributed by atoms with van der Waals surface area (Å²) in [6, 6.07) is 8.86. The lowest BCUT2D eigenvalue weighted by Gasteiger charge is -2.06. The molecule has 7 heteroatoms. The van der Waals surface area contributed by atoms with Gasteiger partial charge in [-0.25, -0.2) is 4.98 Å². The van der Waals surface area contributed by atoms with Crippen LogP contribution in [0.2, 0.25) is 0 Å². The molecule has 1 aliphatic rings. The largest absolute Gasteiger partial charge is 0.331 e. The predicted molar refractivity (Wildman–Crippen MR) is 99.2 cm³/mol. The van der Waals surface area contributed by atoms with Gasteiger partial charge in [-0.1, -0.05) is 30.0 Å². The van der Waals surface area contributed by atoms with Crippen molar-refractivity contribution in [3.8, 4) is 0 Å². The van der Waals surface area contributed by atoms with Gasteiger partial charge in [0.15, 0.2) is 10.3 Å². The minimum absolute atomic E-state index is 0.608. The molecule has 2 aromatic heterocycles. The van der Waals surface area contributed by atoms with Crippen LogP contribution in [0.15, 0.2) is 34.8 Å². The number of aryl methyl sites for hydroxylation is 2. The molecule has 0 saturated heterocycles. The maximum absolute atomic E-state index is 4.69. The van der Waals surface area contributed by atoms with E-state index in [2.05, 4.69) is 49.5 Å². The molecule has 1 fully saturated rings. The third kappa shape index (κ3) is 3.32. The second-order valence-electron chi connectivity index (χ2n) is 6.00. The van der Waals surface area contributed by atoms with Gasteiger partial charge in [0.2, 0.25) is 0 Å². The number of anilines is 2. The fraction of sp³-hybridized carbons (Fsp3) is 0.353. The summed E-state index contributed by atoms with van der Waals surface area (Å²) < 4.78 is 2.27. The summed E-state index contributed by atoms with van der Waals surface area (Å²) in [4.78, 5) is 4.69. The van der Waals surface area contributed by atoms with Gasteiger partial charge in [-0.15, -0.1) is 21.5 Å². The standard InChI is InChI=1S/C17H19N5S2/c1-11-5-3-4-6-15(11)19-16-18-13(9-23-16)10-24-17-21-20-12(2)22(17)14-7-8-14/h3-6,9,14H,7-8,10H2,1-2H3,(H,18,19). The molecule has 1 N–H and O–H groups in total. The number of nitrogens with zero attached hydrogens (tertiary/aromatic N) is 4. The van der Waals surface area contributed by atoms with E-state index in [0.717, 1.165) is 33.2 Å². The molecule has 0 bridgehead atoms. The molecule has 0 unspecified atom stereocenters. The van der Waals surface area contributed by atoms with Gasteiger partial charge < -0.3 is 9.88 Å². The summed E-state index contributed by atoms with van der Waals surface area (Å²) >= 11 is 3.36. The molecule has 1 saturated carbocycles. The molecule has 124 valence electrons. The van der Waals surface area contributed by atoms with Crippen LogP contribution in [0, 0.1) is 13.8 Å². The zero-order chi connectivity index (χ0) is 16.5. The molecule has 1 aromatic carbocycles.